The first kappa shape index (κ1) is 21.7. The molecule has 1 aliphatic carbocycles. The second-order valence-corrected chi connectivity index (χ2v) is 9.92. The monoisotopic (exact) mass is 432 g/mol. The topological polar surface area (TPSA) is 94.6 Å². The number of fused-ring (bicyclic) bond motifs is 1. The summed E-state index contributed by atoms with van der Waals surface area (Å²) in [6.07, 6.45) is 2.84. The van der Waals surface area contributed by atoms with E-state index in [-0.39, 0.29) is 22.6 Å². The van der Waals surface area contributed by atoms with E-state index in [4.69, 9.17) is 0 Å². The van der Waals surface area contributed by atoms with Crippen molar-refractivity contribution in [3.63, 3.8) is 0 Å². The van der Waals surface area contributed by atoms with Crippen LogP contribution in [0.2, 0.25) is 0 Å². The molecule has 1 heterocycles. The molecule has 0 radical (unpaired) electrons. The summed E-state index contributed by atoms with van der Waals surface area (Å²) in [5, 5.41) is -13.3. The zero-order valence-corrected chi connectivity index (χ0v) is 14.8. The summed E-state index contributed by atoms with van der Waals surface area (Å²) in [4.78, 5) is 0. The van der Waals surface area contributed by atoms with E-state index < -0.39 is 49.7 Å². The average molecular weight is 432 g/mol. The van der Waals surface area contributed by atoms with Crippen LogP contribution in [0.3, 0.4) is 0 Å². The Labute approximate surface area is 146 Å². The van der Waals surface area contributed by atoms with Crippen molar-refractivity contribution in [2.75, 3.05) is 13.1 Å². The van der Waals surface area contributed by atoms with Crippen LogP contribution >= 0.6 is 0 Å². The van der Waals surface area contributed by atoms with E-state index in [9.17, 15) is 47.7 Å². The van der Waals surface area contributed by atoms with E-state index >= 15 is 0 Å². The molecule has 2 rings (SSSR count). The molecule has 1 saturated heterocycles. The molecule has 2 fully saturated rings. The SMILES string of the molecule is O=S(=O)([O-])C(F)(F)C(F)(F)C(F)(F)S(=O)(=O)N1CCC2CCCCC2C1. The second-order valence-electron chi connectivity index (χ2n) is 6.52. The maximum atomic E-state index is 14.0. The van der Waals surface area contributed by atoms with Gasteiger partial charge in [0.25, 0.3) is 10.0 Å². The number of rotatable bonds is 5. The minimum atomic E-state index is -7.25. The standard InChI is InChI=1S/C12H17F6NO5S2/c13-10(14,12(17,18)26(22,23)24)11(15,16)25(20,21)19-6-5-8-3-1-2-4-9(8)7-19/h8-9H,1-7H2,(H,22,23,24)/p-1. The highest BCUT2D eigenvalue weighted by atomic mass is 32.2. The van der Waals surface area contributed by atoms with Crippen LogP contribution in [0.1, 0.15) is 32.1 Å². The maximum Gasteiger partial charge on any atom is 0.428 e. The molecule has 0 aromatic heterocycles. The predicted octanol–water partition coefficient (Wildman–Crippen LogP) is 2.19. The Bertz CT molecular complexity index is 754. The highest BCUT2D eigenvalue weighted by molar-refractivity contribution is 7.90. The van der Waals surface area contributed by atoms with Gasteiger partial charge in [0.05, 0.1) is 0 Å². The van der Waals surface area contributed by atoms with Gasteiger partial charge in [-0.15, -0.1) is 0 Å². The lowest BCUT2D eigenvalue weighted by atomic mass is 9.76. The van der Waals surface area contributed by atoms with E-state index in [2.05, 4.69) is 0 Å². The number of alkyl halides is 6. The largest absolute Gasteiger partial charge is 0.743 e. The van der Waals surface area contributed by atoms with Crippen LogP contribution in [-0.4, -0.2) is 55.2 Å². The van der Waals surface area contributed by atoms with Crippen molar-refractivity contribution in [2.24, 2.45) is 11.8 Å². The molecule has 0 N–H and O–H groups in total. The van der Waals surface area contributed by atoms with Crippen LogP contribution in [0.15, 0.2) is 0 Å². The molecule has 1 saturated carbocycles. The third-order valence-electron chi connectivity index (χ3n) is 4.96. The summed E-state index contributed by atoms with van der Waals surface area (Å²) >= 11 is 0. The van der Waals surface area contributed by atoms with Gasteiger partial charge in [0.2, 0.25) is 0 Å². The lowest BCUT2D eigenvalue weighted by Crippen LogP contribution is -2.64. The smallest absolute Gasteiger partial charge is 0.428 e. The Morgan fingerprint density at radius 1 is 0.808 bits per heavy atom. The Morgan fingerprint density at radius 2 is 1.31 bits per heavy atom. The van der Waals surface area contributed by atoms with Crippen molar-refractivity contribution in [3.05, 3.63) is 0 Å². The molecule has 2 unspecified atom stereocenters. The Balaban J connectivity index is 2.37. The van der Waals surface area contributed by atoms with Crippen molar-refractivity contribution >= 4 is 20.1 Å². The van der Waals surface area contributed by atoms with Gasteiger partial charge in [-0.05, 0) is 24.7 Å². The van der Waals surface area contributed by atoms with Crippen LogP contribution in [0, 0.1) is 11.8 Å². The number of hydrogen-bond acceptors (Lipinski definition) is 5. The first-order chi connectivity index (χ1) is 11.6. The fourth-order valence-corrected chi connectivity index (χ4v) is 5.45. The molecule has 0 spiro atoms. The Morgan fingerprint density at radius 3 is 1.81 bits per heavy atom. The Kier molecular flexibility index (Phi) is 5.41. The number of halogens is 6. The number of hydrogen-bond donors (Lipinski definition) is 0. The molecular formula is C12H16F6NO5S2-. The van der Waals surface area contributed by atoms with Gasteiger partial charge in [-0.2, -0.15) is 30.6 Å². The quantitative estimate of drug-likeness (QED) is 0.490. The molecule has 26 heavy (non-hydrogen) atoms. The second kappa shape index (κ2) is 6.48. The summed E-state index contributed by atoms with van der Waals surface area (Å²) in [6, 6.07) is 0. The van der Waals surface area contributed by atoms with Gasteiger partial charge >= 0.3 is 16.4 Å². The van der Waals surface area contributed by atoms with Crippen molar-refractivity contribution in [1.29, 1.82) is 0 Å². The van der Waals surface area contributed by atoms with Crippen molar-refractivity contribution in [2.45, 2.75) is 48.5 Å². The van der Waals surface area contributed by atoms with Crippen molar-refractivity contribution in [3.8, 4) is 0 Å². The lowest BCUT2D eigenvalue weighted by Gasteiger charge is -2.42. The highest BCUT2D eigenvalue weighted by Gasteiger charge is 2.80. The highest BCUT2D eigenvalue weighted by Crippen LogP contribution is 2.52. The molecule has 14 heteroatoms. The number of sulfonamides is 1. The van der Waals surface area contributed by atoms with Crippen molar-refractivity contribution < 1.29 is 47.7 Å². The molecule has 2 atom stereocenters. The lowest BCUT2D eigenvalue weighted by molar-refractivity contribution is -0.247. The molecule has 0 aromatic carbocycles. The van der Waals surface area contributed by atoms with E-state index in [1.807, 2.05) is 0 Å². The van der Waals surface area contributed by atoms with E-state index in [1.165, 1.54) is 0 Å². The maximum absolute atomic E-state index is 14.0. The van der Waals surface area contributed by atoms with Gasteiger partial charge in [0, 0.05) is 13.1 Å². The number of nitrogens with zero attached hydrogens (tertiary/aromatic N) is 1. The third kappa shape index (κ3) is 3.11. The minimum Gasteiger partial charge on any atom is -0.743 e. The zero-order valence-electron chi connectivity index (χ0n) is 13.2. The van der Waals surface area contributed by atoms with Crippen LogP contribution in [0.5, 0.6) is 0 Å². The molecule has 0 bridgehead atoms. The van der Waals surface area contributed by atoms with Gasteiger partial charge in [0.15, 0.2) is 10.1 Å². The molecule has 154 valence electrons. The minimum absolute atomic E-state index is 0.0130. The summed E-state index contributed by atoms with van der Waals surface area (Å²) in [5.74, 6) is -7.30. The number of piperidine rings is 1. The summed E-state index contributed by atoms with van der Waals surface area (Å²) in [5.41, 5.74) is 0. The van der Waals surface area contributed by atoms with Gasteiger partial charge in [0.1, 0.15) is 0 Å². The van der Waals surface area contributed by atoms with Crippen LogP contribution < -0.4 is 0 Å². The molecule has 0 aromatic rings. The van der Waals surface area contributed by atoms with E-state index in [1.54, 1.807) is 0 Å². The van der Waals surface area contributed by atoms with E-state index in [0.29, 0.717) is 12.8 Å². The molecule has 2 aliphatic rings. The van der Waals surface area contributed by atoms with Crippen LogP contribution in [0.25, 0.3) is 0 Å². The zero-order chi connectivity index (χ0) is 20.2. The normalized spacial score (nSPS) is 27.2. The van der Waals surface area contributed by atoms with Gasteiger partial charge < -0.3 is 4.55 Å². The van der Waals surface area contributed by atoms with Gasteiger partial charge in [-0.1, -0.05) is 19.3 Å². The van der Waals surface area contributed by atoms with E-state index in [0.717, 1.165) is 12.8 Å². The van der Waals surface area contributed by atoms with Gasteiger partial charge in [-0.25, -0.2) is 16.8 Å². The first-order valence-corrected chi connectivity index (χ1v) is 10.5. The van der Waals surface area contributed by atoms with Crippen LogP contribution in [-0.2, 0) is 20.1 Å². The fourth-order valence-electron chi connectivity index (χ4n) is 3.44. The van der Waals surface area contributed by atoms with Gasteiger partial charge in [-0.3, -0.25) is 0 Å². The summed E-state index contributed by atoms with van der Waals surface area (Å²) in [7, 11) is -13.6. The molecule has 1 aliphatic heterocycles. The predicted molar refractivity (Wildman–Crippen MR) is 75.1 cm³/mol. The third-order valence-corrected chi connectivity index (χ3v) is 7.76. The summed E-state index contributed by atoms with van der Waals surface area (Å²) in [6.45, 7) is -1.13. The Hall–Kier alpha value is -0.600. The fraction of sp³-hybridized carbons (Fsp3) is 1.00. The first-order valence-electron chi connectivity index (χ1n) is 7.66. The average Bonchev–Trinajstić information content (AvgIpc) is 2.52. The van der Waals surface area contributed by atoms with Crippen LogP contribution in [0.4, 0.5) is 26.3 Å². The summed E-state index contributed by atoms with van der Waals surface area (Å²) < 4.78 is 136. The van der Waals surface area contributed by atoms with Crippen molar-refractivity contribution in [1.82, 2.24) is 4.31 Å². The molecular weight excluding hydrogens is 416 g/mol. The molecule has 0 amide bonds. The molecule has 6 nitrogen and oxygen atoms in total.